The van der Waals surface area contributed by atoms with E-state index in [9.17, 15) is 0 Å². The molecule has 0 radical (unpaired) electrons. The number of hydrogen-bond acceptors (Lipinski definition) is 3. The van der Waals surface area contributed by atoms with Gasteiger partial charge in [0.25, 0.3) is 0 Å². The van der Waals surface area contributed by atoms with Crippen LogP contribution in [0, 0.1) is 6.92 Å². The first-order valence-electron chi connectivity index (χ1n) is 8.24. The van der Waals surface area contributed by atoms with Crippen LogP contribution in [0.25, 0.3) is 0 Å². The number of aryl methyl sites for hydroxylation is 1. The molecule has 0 saturated carbocycles. The van der Waals surface area contributed by atoms with Crippen LogP contribution in [-0.2, 0) is 4.74 Å². The van der Waals surface area contributed by atoms with Gasteiger partial charge in [-0.3, -0.25) is 0 Å². The molecule has 1 aliphatic rings. The summed E-state index contributed by atoms with van der Waals surface area (Å²) in [5.74, 6) is 0.996. The SMILES string of the molecule is CCCNC(CCC1CCCO1)c1ccc(C)cc1OC. The van der Waals surface area contributed by atoms with Crippen molar-refractivity contribution in [1.29, 1.82) is 0 Å². The van der Waals surface area contributed by atoms with Crippen molar-refractivity contribution in [3.05, 3.63) is 29.3 Å². The average Bonchev–Trinajstić information content (AvgIpc) is 3.01. The van der Waals surface area contributed by atoms with Crippen LogP contribution in [0.3, 0.4) is 0 Å². The molecule has 0 amide bonds. The minimum absolute atomic E-state index is 0.352. The van der Waals surface area contributed by atoms with Crippen molar-refractivity contribution in [2.75, 3.05) is 20.3 Å². The zero-order chi connectivity index (χ0) is 15.1. The van der Waals surface area contributed by atoms with Gasteiger partial charge in [0.2, 0.25) is 0 Å². The predicted molar refractivity (Wildman–Crippen MR) is 87.0 cm³/mol. The average molecular weight is 291 g/mol. The van der Waals surface area contributed by atoms with Gasteiger partial charge in [0.05, 0.1) is 13.2 Å². The van der Waals surface area contributed by atoms with E-state index in [0.29, 0.717) is 12.1 Å². The highest BCUT2D eigenvalue weighted by atomic mass is 16.5. The lowest BCUT2D eigenvalue weighted by Gasteiger charge is -2.23. The summed E-state index contributed by atoms with van der Waals surface area (Å²) < 4.78 is 11.3. The highest BCUT2D eigenvalue weighted by molar-refractivity contribution is 5.39. The molecule has 118 valence electrons. The van der Waals surface area contributed by atoms with E-state index in [4.69, 9.17) is 9.47 Å². The lowest BCUT2D eigenvalue weighted by Crippen LogP contribution is -2.24. The molecule has 3 nitrogen and oxygen atoms in total. The van der Waals surface area contributed by atoms with Crippen molar-refractivity contribution in [1.82, 2.24) is 5.32 Å². The van der Waals surface area contributed by atoms with Crippen LogP contribution >= 0.6 is 0 Å². The molecular formula is C18H29NO2. The number of nitrogens with one attached hydrogen (secondary N) is 1. The Kier molecular flexibility index (Phi) is 6.52. The first-order valence-corrected chi connectivity index (χ1v) is 8.24. The van der Waals surface area contributed by atoms with Crippen molar-refractivity contribution >= 4 is 0 Å². The van der Waals surface area contributed by atoms with Gasteiger partial charge in [0, 0.05) is 18.2 Å². The Morgan fingerprint density at radius 2 is 2.29 bits per heavy atom. The van der Waals surface area contributed by atoms with Gasteiger partial charge in [0.15, 0.2) is 0 Å². The maximum atomic E-state index is 5.76. The van der Waals surface area contributed by atoms with Crippen LogP contribution in [0.4, 0.5) is 0 Å². The smallest absolute Gasteiger partial charge is 0.123 e. The van der Waals surface area contributed by atoms with Gasteiger partial charge in [-0.05, 0) is 57.2 Å². The van der Waals surface area contributed by atoms with Crippen molar-refractivity contribution in [3.8, 4) is 5.75 Å². The Morgan fingerprint density at radius 3 is 2.95 bits per heavy atom. The van der Waals surface area contributed by atoms with Gasteiger partial charge < -0.3 is 14.8 Å². The number of methoxy groups -OCH3 is 1. The van der Waals surface area contributed by atoms with Crippen molar-refractivity contribution < 1.29 is 9.47 Å². The molecule has 1 N–H and O–H groups in total. The molecule has 21 heavy (non-hydrogen) atoms. The van der Waals surface area contributed by atoms with Crippen LogP contribution in [0.2, 0.25) is 0 Å². The maximum absolute atomic E-state index is 5.76. The van der Waals surface area contributed by atoms with Crippen molar-refractivity contribution in [2.24, 2.45) is 0 Å². The van der Waals surface area contributed by atoms with E-state index >= 15 is 0 Å². The first-order chi connectivity index (χ1) is 10.2. The quantitative estimate of drug-likeness (QED) is 0.785. The Balaban J connectivity index is 2.06. The summed E-state index contributed by atoms with van der Waals surface area (Å²) >= 11 is 0. The van der Waals surface area contributed by atoms with E-state index < -0.39 is 0 Å². The van der Waals surface area contributed by atoms with E-state index in [2.05, 4.69) is 37.4 Å². The summed E-state index contributed by atoms with van der Waals surface area (Å²) in [4.78, 5) is 0. The molecule has 0 bridgehead atoms. The van der Waals surface area contributed by atoms with E-state index in [0.717, 1.165) is 38.2 Å². The third-order valence-corrected chi connectivity index (χ3v) is 4.21. The maximum Gasteiger partial charge on any atom is 0.123 e. The summed E-state index contributed by atoms with van der Waals surface area (Å²) in [5, 5.41) is 3.67. The number of benzene rings is 1. The zero-order valence-electron chi connectivity index (χ0n) is 13.7. The molecule has 2 atom stereocenters. The minimum atomic E-state index is 0.352. The molecule has 3 heteroatoms. The van der Waals surface area contributed by atoms with Gasteiger partial charge in [-0.2, -0.15) is 0 Å². The monoisotopic (exact) mass is 291 g/mol. The molecule has 1 aromatic rings. The molecule has 1 fully saturated rings. The third-order valence-electron chi connectivity index (χ3n) is 4.21. The second kappa shape index (κ2) is 8.40. The van der Waals surface area contributed by atoms with Crippen LogP contribution < -0.4 is 10.1 Å². The highest BCUT2D eigenvalue weighted by Crippen LogP contribution is 2.31. The molecule has 2 unspecified atom stereocenters. The molecule has 0 spiro atoms. The number of hydrogen-bond donors (Lipinski definition) is 1. The van der Waals surface area contributed by atoms with Crippen LogP contribution in [0.5, 0.6) is 5.75 Å². The molecule has 2 rings (SSSR count). The van der Waals surface area contributed by atoms with Crippen LogP contribution in [0.15, 0.2) is 18.2 Å². The Bertz CT molecular complexity index is 427. The fourth-order valence-corrected chi connectivity index (χ4v) is 3.02. The molecule has 1 heterocycles. The fourth-order valence-electron chi connectivity index (χ4n) is 3.02. The largest absolute Gasteiger partial charge is 0.496 e. The summed E-state index contributed by atoms with van der Waals surface area (Å²) in [6.07, 6.45) is 6.25. The zero-order valence-corrected chi connectivity index (χ0v) is 13.7. The van der Waals surface area contributed by atoms with E-state index in [1.807, 2.05) is 0 Å². The molecular weight excluding hydrogens is 262 g/mol. The fraction of sp³-hybridized carbons (Fsp3) is 0.667. The molecule has 1 saturated heterocycles. The topological polar surface area (TPSA) is 30.5 Å². The second-order valence-electron chi connectivity index (χ2n) is 5.96. The minimum Gasteiger partial charge on any atom is -0.496 e. The number of ether oxygens (including phenoxy) is 2. The molecule has 0 aromatic heterocycles. The summed E-state index contributed by atoms with van der Waals surface area (Å²) in [6.45, 7) is 6.28. The molecule has 1 aliphatic heterocycles. The normalized spacial score (nSPS) is 19.7. The lowest BCUT2D eigenvalue weighted by molar-refractivity contribution is 0.0995. The number of rotatable bonds is 8. The third kappa shape index (κ3) is 4.72. The highest BCUT2D eigenvalue weighted by Gasteiger charge is 2.20. The van der Waals surface area contributed by atoms with Gasteiger partial charge in [-0.25, -0.2) is 0 Å². The second-order valence-corrected chi connectivity index (χ2v) is 5.96. The van der Waals surface area contributed by atoms with Crippen LogP contribution in [0.1, 0.15) is 56.2 Å². The van der Waals surface area contributed by atoms with E-state index in [1.165, 1.54) is 24.0 Å². The Hall–Kier alpha value is -1.06. The van der Waals surface area contributed by atoms with Crippen LogP contribution in [-0.4, -0.2) is 26.4 Å². The summed E-state index contributed by atoms with van der Waals surface area (Å²) in [7, 11) is 1.76. The predicted octanol–water partition coefficient (Wildman–Crippen LogP) is 4.00. The van der Waals surface area contributed by atoms with Gasteiger partial charge in [-0.1, -0.05) is 19.1 Å². The molecule has 0 aliphatic carbocycles. The Labute approximate surface area is 129 Å². The van der Waals surface area contributed by atoms with Gasteiger partial charge in [-0.15, -0.1) is 0 Å². The van der Waals surface area contributed by atoms with Crippen molar-refractivity contribution in [3.63, 3.8) is 0 Å². The summed E-state index contributed by atoms with van der Waals surface area (Å²) in [6, 6.07) is 6.86. The van der Waals surface area contributed by atoms with Crippen molar-refractivity contribution in [2.45, 2.75) is 58.1 Å². The van der Waals surface area contributed by atoms with E-state index in [1.54, 1.807) is 7.11 Å². The summed E-state index contributed by atoms with van der Waals surface area (Å²) in [5.41, 5.74) is 2.51. The van der Waals surface area contributed by atoms with Gasteiger partial charge >= 0.3 is 0 Å². The molecule has 1 aromatic carbocycles. The van der Waals surface area contributed by atoms with Gasteiger partial charge in [0.1, 0.15) is 5.75 Å². The lowest BCUT2D eigenvalue weighted by atomic mass is 9.97. The van der Waals surface area contributed by atoms with E-state index in [-0.39, 0.29) is 0 Å². The first kappa shape index (κ1) is 16.3. The standard InChI is InChI=1S/C18H29NO2/c1-4-11-19-17(10-8-15-6-5-12-21-15)16-9-7-14(2)13-18(16)20-3/h7,9,13,15,17,19H,4-6,8,10-12H2,1-3H3. The Morgan fingerprint density at radius 1 is 1.43 bits per heavy atom.